The van der Waals surface area contributed by atoms with Gasteiger partial charge in [0.2, 0.25) is 5.91 Å². The first-order valence-corrected chi connectivity index (χ1v) is 7.00. The van der Waals surface area contributed by atoms with E-state index in [1.807, 2.05) is 29.2 Å². The standard InChI is InChI=1S/C15H22N2O3.ClH/c1-19-13-4-2-3-5-14(13)20-11-8-15(18)17-9-6-12(16)7-10-17;/h2-5,12H,6-11,16H2,1H3;1H. The zero-order chi connectivity index (χ0) is 14.4. The van der Waals surface area contributed by atoms with Crippen molar-refractivity contribution in [3.63, 3.8) is 0 Å². The number of amides is 1. The summed E-state index contributed by atoms with van der Waals surface area (Å²) >= 11 is 0. The maximum absolute atomic E-state index is 12.0. The largest absolute Gasteiger partial charge is 0.493 e. The first-order valence-electron chi connectivity index (χ1n) is 7.00. The summed E-state index contributed by atoms with van der Waals surface area (Å²) in [5.41, 5.74) is 5.83. The SMILES string of the molecule is COc1ccccc1OCCC(=O)N1CCC(N)CC1.Cl. The number of carbonyl (C=O) groups is 1. The Morgan fingerprint density at radius 1 is 1.29 bits per heavy atom. The van der Waals surface area contributed by atoms with Gasteiger partial charge in [0.25, 0.3) is 0 Å². The molecule has 21 heavy (non-hydrogen) atoms. The van der Waals surface area contributed by atoms with Gasteiger partial charge in [0.05, 0.1) is 20.1 Å². The van der Waals surface area contributed by atoms with Crippen LogP contribution in [0.25, 0.3) is 0 Å². The molecule has 0 bridgehead atoms. The summed E-state index contributed by atoms with van der Waals surface area (Å²) in [6.07, 6.45) is 2.16. The van der Waals surface area contributed by atoms with Gasteiger partial charge in [-0.15, -0.1) is 12.4 Å². The number of hydrogen-bond acceptors (Lipinski definition) is 4. The van der Waals surface area contributed by atoms with Gasteiger partial charge in [-0.2, -0.15) is 0 Å². The molecule has 1 amide bonds. The summed E-state index contributed by atoms with van der Waals surface area (Å²) in [6, 6.07) is 7.68. The molecule has 118 valence electrons. The van der Waals surface area contributed by atoms with Crippen LogP contribution in [0.4, 0.5) is 0 Å². The van der Waals surface area contributed by atoms with Gasteiger partial charge in [-0.1, -0.05) is 12.1 Å². The molecule has 2 rings (SSSR count). The van der Waals surface area contributed by atoms with E-state index >= 15 is 0 Å². The number of benzene rings is 1. The van der Waals surface area contributed by atoms with Crippen molar-refractivity contribution < 1.29 is 14.3 Å². The zero-order valence-electron chi connectivity index (χ0n) is 12.3. The molecule has 2 N–H and O–H groups in total. The summed E-state index contributed by atoms with van der Waals surface area (Å²) in [6.45, 7) is 1.88. The molecular weight excluding hydrogens is 292 g/mol. The third-order valence-electron chi connectivity index (χ3n) is 3.53. The first-order chi connectivity index (χ1) is 9.70. The van der Waals surface area contributed by atoms with Gasteiger partial charge in [0.15, 0.2) is 11.5 Å². The molecule has 0 spiro atoms. The molecular formula is C15H23ClN2O3. The van der Waals surface area contributed by atoms with Crippen molar-refractivity contribution in [2.45, 2.75) is 25.3 Å². The molecule has 0 unspecified atom stereocenters. The number of rotatable bonds is 5. The number of hydrogen-bond donors (Lipinski definition) is 1. The molecule has 0 aromatic heterocycles. The van der Waals surface area contributed by atoms with E-state index in [0.717, 1.165) is 25.9 Å². The smallest absolute Gasteiger partial charge is 0.225 e. The lowest BCUT2D eigenvalue weighted by molar-refractivity contribution is -0.132. The fraction of sp³-hybridized carbons (Fsp3) is 0.533. The van der Waals surface area contributed by atoms with Crippen molar-refractivity contribution in [3.8, 4) is 11.5 Å². The van der Waals surface area contributed by atoms with Crippen molar-refractivity contribution in [1.82, 2.24) is 4.90 Å². The number of piperidine rings is 1. The van der Waals surface area contributed by atoms with Gasteiger partial charge in [-0.3, -0.25) is 4.79 Å². The molecule has 0 saturated carbocycles. The lowest BCUT2D eigenvalue weighted by Gasteiger charge is -2.30. The zero-order valence-corrected chi connectivity index (χ0v) is 13.1. The Balaban J connectivity index is 0.00000220. The summed E-state index contributed by atoms with van der Waals surface area (Å²) in [5.74, 6) is 1.49. The Bertz CT molecular complexity index is 448. The van der Waals surface area contributed by atoms with Crippen LogP contribution >= 0.6 is 12.4 Å². The highest BCUT2D eigenvalue weighted by atomic mass is 35.5. The summed E-state index contributed by atoms with van der Waals surface area (Å²) in [5, 5.41) is 0. The Hall–Kier alpha value is -1.46. The van der Waals surface area contributed by atoms with E-state index in [-0.39, 0.29) is 24.4 Å². The van der Waals surface area contributed by atoms with Crippen LogP contribution in [0.15, 0.2) is 24.3 Å². The number of likely N-dealkylation sites (tertiary alicyclic amines) is 1. The minimum Gasteiger partial charge on any atom is -0.493 e. The van der Waals surface area contributed by atoms with Crippen molar-refractivity contribution in [2.75, 3.05) is 26.8 Å². The van der Waals surface area contributed by atoms with Gasteiger partial charge < -0.3 is 20.1 Å². The van der Waals surface area contributed by atoms with Crippen LogP contribution in [0, 0.1) is 0 Å². The molecule has 0 aliphatic carbocycles. The number of para-hydroxylation sites is 2. The van der Waals surface area contributed by atoms with Gasteiger partial charge in [0.1, 0.15) is 0 Å². The second-order valence-corrected chi connectivity index (χ2v) is 4.97. The molecule has 1 heterocycles. The molecule has 1 aliphatic heterocycles. The minimum atomic E-state index is 0. The van der Waals surface area contributed by atoms with Crippen LogP contribution in [0.5, 0.6) is 11.5 Å². The summed E-state index contributed by atoms with van der Waals surface area (Å²) in [4.78, 5) is 13.9. The molecule has 1 fully saturated rings. The number of nitrogens with zero attached hydrogens (tertiary/aromatic N) is 1. The Kier molecular flexibility index (Phi) is 7.32. The fourth-order valence-corrected chi connectivity index (χ4v) is 2.29. The van der Waals surface area contributed by atoms with Crippen molar-refractivity contribution in [1.29, 1.82) is 0 Å². The number of halogens is 1. The highest BCUT2D eigenvalue weighted by molar-refractivity contribution is 5.85. The van der Waals surface area contributed by atoms with Crippen LogP contribution in [0.3, 0.4) is 0 Å². The molecule has 0 radical (unpaired) electrons. The van der Waals surface area contributed by atoms with E-state index in [1.54, 1.807) is 7.11 Å². The Labute approximate surface area is 131 Å². The third kappa shape index (κ3) is 5.10. The normalized spacial score (nSPS) is 15.2. The molecule has 1 saturated heterocycles. The van der Waals surface area contributed by atoms with Crippen molar-refractivity contribution in [3.05, 3.63) is 24.3 Å². The second kappa shape index (κ2) is 8.74. The molecule has 6 heteroatoms. The van der Waals surface area contributed by atoms with E-state index in [1.165, 1.54) is 0 Å². The maximum atomic E-state index is 12.0. The Morgan fingerprint density at radius 3 is 2.52 bits per heavy atom. The lowest BCUT2D eigenvalue weighted by atomic mass is 10.1. The average molecular weight is 315 g/mol. The number of ether oxygens (including phenoxy) is 2. The number of nitrogens with two attached hydrogens (primary N) is 1. The van der Waals surface area contributed by atoms with Crippen molar-refractivity contribution in [2.24, 2.45) is 5.73 Å². The van der Waals surface area contributed by atoms with Crippen LogP contribution in [0.1, 0.15) is 19.3 Å². The predicted octanol–water partition coefficient (Wildman–Crippen LogP) is 1.84. The second-order valence-electron chi connectivity index (χ2n) is 4.97. The Morgan fingerprint density at radius 2 is 1.90 bits per heavy atom. The highest BCUT2D eigenvalue weighted by Crippen LogP contribution is 2.25. The van der Waals surface area contributed by atoms with Crippen LogP contribution in [0.2, 0.25) is 0 Å². The van der Waals surface area contributed by atoms with Crippen LogP contribution < -0.4 is 15.2 Å². The molecule has 5 nitrogen and oxygen atoms in total. The van der Waals surface area contributed by atoms with E-state index < -0.39 is 0 Å². The molecule has 1 aromatic rings. The summed E-state index contributed by atoms with van der Waals surface area (Å²) in [7, 11) is 1.60. The van der Waals surface area contributed by atoms with Gasteiger partial charge in [-0.05, 0) is 25.0 Å². The lowest BCUT2D eigenvalue weighted by Crippen LogP contribution is -2.43. The average Bonchev–Trinajstić information content (AvgIpc) is 2.48. The molecule has 1 aromatic carbocycles. The third-order valence-corrected chi connectivity index (χ3v) is 3.53. The van der Waals surface area contributed by atoms with Gasteiger partial charge in [0, 0.05) is 19.1 Å². The number of methoxy groups -OCH3 is 1. The topological polar surface area (TPSA) is 64.8 Å². The quantitative estimate of drug-likeness (QED) is 0.900. The van der Waals surface area contributed by atoms with Gasteiger partial charge >= 0.3 is 0 Å². The van der Waals surface area contributed by atoms with E-state index in [2.05, 4.69) is 0 Å². The van der Waals surface area contributed by atoms with E-state index in [4.69, 9.17) is 15.2 Å². The van der Waals surface area contributed by atoms with Crippen LogP contribution in [-0.4, -0.2) is 43.7 Å². The predicted molar refractivity (Wildman–Crippen MR) is 84.1 cm³/mol. The number of carbonyl (C=O) groups excluding carboxylic acids is 1. The fourth-order valence-electron chi connectivity index (χ4n) is 2.29. The molecule has 0 atom stereocenters. The first kappa shape index (κ1) is 17.6. The highest BCUT2D eigenvalue weighted by Gasteiger charge is 2.20. The maximum Gasteiger partial charge on any atom is 0.225 e. The van der Waals surface area contributed by atoms with E-state index in [9.17, 15) is 4.79 Å². The van der Waals surface area contributed by atoms with Crippen LogP contribution in [-0.2, 0) is 4.79 Å². The van der Waals surface area contributed by atoms with E-state index in [0.29, 0.717) is 24.5 Å². The van der Waals surface area contributed by atoms with Crippen molar-refractivity contribution >= 4 is 18.3 Å². The minimum absolute atomic E-state index is 0. The van der Waals surface area contributed by atoms with Gasteiger partial charge in [-0.25, -0.2) is 0 Å². The molecule has 1 aliphatic rings. The summed E-state index contributed by atoms with van der Waals surface area (Å²) < 4.78 is 10.8. The monoisotopic (exact) mass is 314 g/mol.